The van der Waals surface area contributed by atoms with E-state index >= 15 is 0 Å². The number of nitriles is 1. The molecule has 1 heterocycles. The van der Waals surface area contributed by atoms with Crippen LogP contribution in [0.4, 0.5) is 18.9 Å². The number of hydrogen-bond donors (Lipinski definition) is 1. The molecule has 0 spiro atoms. The van der Waals surface area contributed by atoms with Crippen LogP contribution in [0.25, 0.3) is 0 Å². The largest absolute Gasteiger partial charge is 0.417 e. The second-order valence-corrected chi connectivity index (χ2v) is 7.47. The summed E-state index contributed by atoms with van der Waals surface area (Å²) >= 11 is 0. The molecule has 0 aromatic heterocycles. The number of carbonyl (C=O) groups is 1. The van der Waals surface area contributed by atoms with Crippen molar-refractivity contribution in [2.45, 2.75) is 57.2 Å². The van der Waals surface area contributed by atoms with E-state index in [-0.39, 0.29) is 23.4 Å². The Labute approximate surface area is 157 Å². The predicted octanol–water partition coefficient (Wildman–Crippen LogP) is 4.24. The standard InChI is InChI=1S/C20H24F3N3O/c21-20(22,23)18-11-17(9-8-14(18)12-24)26-10-4-5-15(13-26)19(27)25-16-6-2-1-3-7-16/h8-9,11,15-16H,1-7,10,13H2,(H,25,27). The first-order valence-electron chi connectivity index (χ1n) is 9.55. The number of nitrogens with one attached hydrogen (secondary N) is 1. The van der Waals surface area contributed by atoms with Crippen LogP contribution in [0, 0.1) is 17.2 Å². The molecule has 1 aliphatic heterocycles. The Kier molecular flexibility index (Phi) is 5.93. The second kappa shape index (κ2) is 8.20. The highest BCUT2D eigenvalue weighted by molar-refractivity contribution is 5.80. The van der Waals surface area contributed by atoms with Gasteiger partial charge in [0.05, 0.1) is 23.1 Å². The highest BCUT2D eigenvalue weighted by Crippen LogP contribution is 2.35. The van der Waals surface area contributed by atoms with Crippen molar-refractivity contribution < 1.29 is 18.0 Å². The maximum absolute atomic E-state index is 13.2. The number of halogens is 3. The van der Waals surface area contributed by atoms with E-state index in [0.29, 0.717) is 18.8 Å². The van der Waals surface area contributed by atoms with E-state index in [2.05, 4.69) is 5.32 Å². The van der Waals surface area contributed by atoms with Gasteiger partial charge in [-0.1, -0.05) is 19.3 Å². The normalized spacial score (nSPS) is 21.6. The zero-order valence-corrected chi connectivity index (χ0v) is 15.2. The number of carbonyl (C=O) groups excluding carboxylic acids is 1. The van der Waals surface area contributed by atoms with Crippen molar-refractivity contribution in [2.24, 2.45) is 5.92 Å². The number of benzene rings is 1. The summed E-state index contributed by atoms with van der Waals surface area (Å²) in [7, 11) is 0. The van der Waals surface area contributed by atoms with Gasteiger partial charge in [0.15, 0.2) is 0 Å². The lowest BCUT2D eigenvalue weighted by atomic mass is 9.92. The summed E-state index contributed by atoms with van der Waals surface area (Å²) in [5, 5.41) is 12.1. The van der Waals surface area contributed by atoms with Crippen molar-refractivity contribution in [3.05, 3.63) is 29.3 Å². The molecule has 7 heteroatoms. The van der Waals surface area contributed by atoms with Crippen LogP contribution in [-0.2, 0) is 11.0 Å². The van der Waals surface area contributed by atoms with Gasteiger partial charge in [0, 0.05) is 24.8 Å². The second-order valence-electron chi connectivity index (χ2n) is 7.47. The number of rotatable bonds is 3. The van der Waals surface area contributed by atoms with E-state index in [9.17, 15) is 18.0 Å². The molecule has 1 saturated carbocycles. The maximum Gasteiger partial charge on any atom is 0.417 e. The Morgan fingerprint density at radius 3 is 2.56 bits per heavy atom. The molecule has 0 bridgehead atoms. The fourth-order valence-corrected chi connectivity index (χ4v) is 4.05. The van der Waals surface area contributed by atoms with E-state index < -0.39 is 11.7 Å². The van der Waals surface area contributed by atoms with Crippen LogP contribution in [0.2, 0.25) is 0 Å². The van der Waals surface area contributed by atoms with Gasteiger partial charge in [-0.2, -0.15) is 18.4 Å². The van der Waals surface area contributed by atoms with Gasteiger partial charge in [-0.05, 0) is 43.9 Å². The monoisotopic (exact) mass is 379 g/mol. The Balaban J connectivity index is 1.70. The van der Waals surface area contributed by atoms with E-state index in [4.69, 9.17) is 5.26 Å². The van der Waals surface area contributed by atoms with E-state index in [1.54, 1.807) is 6.07 Å². The summed E-state index contributed by atoms with van der Waals surface area (Å²) in [5.41, 5.74) is -0.886. The summed E-state index contributed by atoms with van der Waals surface area (Å²) in [4.78, 5) is 14.4. The highest BCUT2D eigenvalue weighted by Gasteiger charge is 2.35. The molecule has 1 unspecified atom stereocenters. The van der Waals surface area contributed by atoms with E-state index in [1.807, 2.05) is 4.90 Å². The van der Waals surface area contributed by atoms with Crippen molar-refractivity contribution >= 4 is 11.6 Å². The van der Waals surface area contributed by atoms with Crippen molar-refractivity contribution in [3.63, 3.8) is 0 Å². The third-order valence-corrected chi connectivity index (χ3v) is 5.54. The van der Waals surface area contributed by atoms with Crippen molar-refractivity contribution in [1.82, 2.24) is 5.32 Å². The number of alkyl halides is 3. The number of amides is 1. The smallest absolute Gasteiger partial charge is 0.371 e. The van der Waals surface area contributed by atoms with Crippen molar-refractivity contribution in [3.8, 4) is 6.07 Å². The van der Waals surface area contributed by atoms with E-state index in [0.717, 1.165) is 44.6 Å². The Morgan fingerprint density at radius 1 is 1.15 bits per heavy atom. The molecule has 1 N–H and O–H groups in total. The summed E-state index contributed by atoms with van der Waals surface area (Å²) in [6, 6.07) is 5.61. The molecular weight excluding hydrogens is 355 g/mol. The first kappa shape index (κ1) is 19.5. The SMILES string of the molecule is N#Cc1ccc(N2CCCC(C(=O)NC3CCCCC3)C2)cc1C(F)(F)F. The number of hydrogen-bond acceptors (Lipinski definition) is 3. The average Bonchev–Trinajstić information content (AvgIpc) is 2.67. The first-order chi connectivity index (χ1) is 12.9. The van der Waals surface area contributed by atoms with E-state index in [1.165, 1.54) is 18.6 Å². The van der Waals surface area contributed by atoms with Gasteiger partial charge in [-0.25, -0.2) is 0 Å². The zero-order valence-electron chi connectivity index (χ0n) is 15.2. The highest BCUT2D eigenvalue weighted by atomic mass is 19.4. The molecule has 4 nitrogen and oxygen atoms in total. The first-order valence-corrected chi connectivity index (χ1v) is 9.55. The lowest BCUT2D eigenvalue weighted by Crippen LogP contribution is -2.46. The van der Waals surface area contributed by atoms with Crippen LogP contribution in [-0.4, -0.2) is 25.0 Å². The molecule has 1 saturated heterocycles. The molecule has 0 radical (unpaired) electrons. The molecule has 3 rings (SSSR count). The molecule has 146 valence electrons. The van der Waals surface area contributed by atoms with Crippen LogP contribution in [0.3, 0.4) is 0 Å². The van der Waals surface area contributed by atoms with Crippen LogP contribution in [0.1, 0.15) is 56.1 Å². The van der Waals surface area contributed by atoms with Crippen molar-refractivity contribution in [2.75, 3.05) is 18.0 Å². The molecule has 1 atom stereocenters. The number of piperidine rings is 1. The summed E-state index contributed by atoms with van der Waals surface area (Å²) in [6.45, 7) is 1.01. The van der Waals surface area contributed by atoms with Crippen molar-refractivity contribution in [1.29, 1.82) is 5.26 Å². The molecule has 1 aromatic carbocycles. The number of nitrogens with zero attached hydrogens (tertiary/aromatic N) is 2. The predicted molar refractivity (Wildman–Crippen MR) is 96.1 cm³/mol. The van der Waals surface area contributed by atoms with Crippen LogP contribution in [0.5, 0.6) is 0 Å². The molecule has 27 heavy (non-hydrogen) atoms. The summed E-state index contributed by atoms with van der Waals surface area (Å²) < 4.78 is 39.6. The van der Waals surface area contributed by atoms with Crippen LogP contribution < -0.4 is 10.2 Å². The Hall–Kier alpha value is -2.23. The van der Waals surface area contributed by atoms with Gasteiger partial charge in [-0.3, -0.25) is 4.79 Å². The van der Waals surface area contributed by atoms with Crippen LogP contribution in [0.15, 0.2) is 18.2 Å². The summed E-state index contributed by atoms with van der Waals surface area (Å²) in [5.74, 6) is -0.207. The lowest BCUT2D eigenvalue weighted by Gasteiger charge is -2.35. The molecule has 2 fully saturated rings. The minimum atomic E-state index is -4.57. The quantitative estimate of drug-likeness (QED) is 0.855. The Morgan fingerprint density at radius 2 is 1.89 bits per heavy atom. The third-order valence-electron chi connectivity index (χ3n) is 5.54. The van der Waals surface area contributed by atoms with Gasteiger partial charge >= 0.3 is 6.18 Å². The minimum absolute atomic E-state index is 0.0105. The molecule has 2 aliphatic rings. The fraction of sp³-hybridized carbons (Fsp3) is 0.600. The summed E-state index contributed by atoms with van der Waals surface area (Å²) in [6.07, 6.45) is 2.42. The maximum atomic E-state index is 13.2. The zero-order chi connectivity index (χ0) is 19.4. The van der Waals surface area contributed by atoms with Gasteiger partial charge in [0.1, 0.15) is 0 Å². The minimum Gasteiger partial charge on any atom is -0.371 e. The molecule has 1 aliphatic carbocycles. The lowest BCUT2D eigenvalue weighted by molar-refractivity contribution is -0.137. The van der Waals surface area contributed by atoms with Crippen LogP contribution >= 0.6 is 0 Å². The molecular formula is C20H24F3N3O. The Bertz CT molecular complexity index is 720. The fourth-order valence-electron chi connectivity index (χ4n) is 4.05. The topological polar surface area (TPSA) is 56.1 Å². The molecule has 1 amide bonds. The van der Waals surface area contributed by atoms with Gasteiger partial charge in [0.25, 0.3) is 0 Å². The average molecular weight is 379 g/mol. The van der Waals surface area contributed by atoms with Gasteiger partial charge < -0.3 is 10.2 Å². The molecule has 1 aromatic rings. The van der Waals surface area contributed by atoms with Gasteiger partial charge in [-0.15, -0.1) is 0 Å². The van der Waals surface area contributed by atoms with Gasteiger partial charge in [0.2, 0.25) is 5.91 Å². The third kappa shape index (κ3) is 4.74. The number of anilines is 1.